The van der Waals surface area contributed by atoms with Crippen molar-refractivity contribution in [2.45, 2.75) is 360 Å². The van der Waals surface area contributed by atoms with Crippen molar-refractivity contribution in [3.05, 3.63) is 88.0 Å². The Morgan fingerprint density at radius 2 is 0.649 bits per heavy atom. The average Bonchev–Trinajstić information content (AvgIpc) is 3.79. The number of hydrogen-bond donors (Lipinski definition) is 0. The van der Waals surface area contributed by atoms with Gasteiger partial charge in [0.15, 0.2) is 0 Å². The zero-order valence-electron chi connectivity index (χ0n) is 52.0. The van der Waals surface area contributed by atoms with Crippen molar-refractivity contribution < 1.29 is 19.1 Å². The van der Waals surface area contributed by atoms with E-state index < -0.39 is 0 Å². The molecule has 2 aromatic rings. The first kappa shape index (κ1) is 70.7. The minimum absolute atomic E-state index is 0.775. The van der Waals surface area contributed by atoms with Crippen molar-refractivity contribution >= 4 is 11.4 Å². The second-order valence-electron chi connectivity index (χ2n) is 23.8. The third kappa shape index (κ3) is 41.3. The van der Waals surface area contributed by atoms with Crippen LogP contribution in [0.3, 0.4) is 0 Å². The predicted octanol–water partition coefficient (Wildman–Crippen LogP) is 26.2. The number of nitrogens with zero attached hydrogens (tertiary/aromatic N) is 2. The summed E-state index contributed by atoms with van der Waals surface area (Å²) < 4.78 is 1.32. The molecule has 0 aromatic heterocycles. The summed E-state index contributed by atoms with van der Waals surface area (Å²) in [6, 6.07) is 16.5. The minimum Gasteiger partial charge on any atom is -0.0654 e. The summed E-state index contributed by atoms with van der Waals surface area (Å²) in [5.74, 6) is 6.78. The summed E-state index contributed by atoms with van der Waals surface area (Å²) in [6.07, 6.45) is 72.4. The van der Waals surface area contributed by atoms with E-state index in [1.165, 1.54) is 328 Å². The fraction of sp³-hybridized carbons (Fsp3) is 0.757. The van der Waals surface area contributed by atoms with Gasteiger partial charge in [0.05, 0.1) is 0 Å². The third-order valence-corrected chi connectivity index (χ3v) is 17.5. The van der Waals surface area contributed by atoms with Crippen molar-refractivity contribution in [1.29, 1.82) is 0 Å². The predicted molar refractivity (Wildman–Crippen MR) is 342 cm³/mol. The van der Waals surface area contributed by atoms with Gasteiger partial charge in [0.2, 0.25) is 11.4 Å². The van der Waals surface area contributed by atoms with E-state index in [1.54, 1.807) is 0 Å². The van der Waals surface area contributed by atoms with Crippen molar-refractivity contribution in [2.75, 3.05) is 0 Å². The molecular weight excluding hydrogens is 976 g/mol. The van der Waals surface area contributed by atoms with Gasteiger partial charge in [-0.1, -0.05) is 229 Å². The molecule has 442 valence electrons. The van der Waals surface area contributed by atoms with E-state index in [9.17, 15) is 5.53 Å². The van der Waals surface area contributed by atoms with Gasteiger partial charge in [-0.25, -0.2) is 4.70 Å². The molecule has 77 heavy (non-hydrogen) atoms. The van der Waals surface area contributed by atoms with Crippen LogP contribution in [0.4, 0.5) is 0 Å². The fourth-order valence-electron chi connectivity index (χ4n) is 11.1. The van der Waals surface area contributed by atoms with Crippen LogP contribution in [0, 0.1) is 25.7 Å². The summed E-state index contributed by atoms with van der Waals surface area (Å²) in [5, 5.41) is 2.87. The molecule has 1 heterocycles. The smallest absolute Gasteiger partial charge is 0.0654 e. The van der Waals surface area contributed by atoms with Crippen molar-refractivity contribution in [1.82, 2.24) is 0 Å². The Labute approximate surface area is 487 Å². The van der Waals surface area contributed by atoms with E-state index in [2.05, 4.69) is 70.7 Å². The van der Waals surface area contributed by atoms with Gasteiger partial charge >= 0.3 is 166 Å². The first-order chi connectivity index (χ1) is 38.0. The van der Waals surface area contributed by atoms with Gasteiger partial charge in [0, 0.05) is 23.6 Å². The summed E-state index contributed by atoms with van der Waals surface area (Å²) in [7, 11) is 0. The second kappa shape index (κ2) is 54.2. The standard InChI is InChI=1S/C34H44N2.2C20H41.Ni/c1-4-5-6-7-8-9-10-11-12-13-14-15-16-17-22-32-27-33(30-23-18-20-28(2)25-30)36(35)34(32)31-24-19-21-29(3)26-31;2*1-3-5-7-9-11-13-15-17-19-20-18-16-14-12-10-8-6-4-2;/h18-21,23-27H,4-16H2,1-3H3;2*1,3-20H2,2H3;. The average molecular weight is 1100 g/mol. The Morgan fingerprint density at radius 3 is 0.974 bits per heavy atom. The number of benzene rings is 2. The molecule has 3 heteroatoms. The van der Waals surface area contributed by atoms with E-state index in [-0.39, 0.29) is 0 Å². The molecule has 0 spiro atoms. The summed E-state index contributed by atoms with van der Waals surface area (Å²) in [6.45, 7) is 11.1. The molecule has 0 aliphatic carbocycles. The van der Waals surface area contributed by atoms with Crippen LogP contribution in [0.2, 0.25) is 10.8 Å². The monoisotopic (exact) mass is 1100 g/mol. The molecule has 2 aromatic carbocycles. The Bertz CT molecular complexity index is 1740. The molecule has 0 amide bonds. The van der Waals surface area contributed by atoms with Gasteiger partial charge < -0.3 is 5.53 Å². The molecule has 1 aliphatic rings. The maximum absolute atomic E-state index is 11.2. The minimum atomic E-state index is 0.775. The molecule has 3 rings (SSSR count). The van der Waals surface area contributed by atoms with E-state index in [0.29, 0.717) is 0 Å². The summed E-state index contributed by atoms with van der Waals surface area (Å²) in [4.78, 5) is 0. The molecular formula is C74H126N2Ni. The Morgan fingerprint density at radius 1 is 0.364 bits per heavy atom. The summed E-state index contributed by atoms with van der Waals surface area (Å²) >= 11 is 2.05. The topological polar surface area (TPSA) is 25.3 Å². The van der Waals surface area contributed by atoms with Crippen LogP contribution in [-0.2, 0) is 14.4 Å². The number of aryl methyl sites for hydroxylation is 2. The molecule has 0 fully saturated rings. The Hall–Kier alpha value is -2.43. The van der Waals surface area contributed by atoms with Crippen LogP contribution < -0.4 is 0 Å². The SMILES string of the molecule is CCCCCCCCCCCCCCC#CC1=C(c2cccc(C)c2)[N+](=[N-])C(c2cccc(C)c2)=C1.CCCCCCCCCCCCCCCCCCC[CH2][Ni][CH2]CCCCCCCCCCCCCCCCCCC. The van der Waals surface area contributed by atoms with Crippen LogP contribution in [0.15, 0.2) is 60.2 Å². The number of unbranched alkanes of at least 4 members (excludes halogenated alkanes) is 46. The van der Waals surface area contributed by atoms with E-state index in [1.807, 2.05) is 44.8 Å². The molecule has 0 bridgehead atoms. The zero-order valence-corrected chi connectivity index (χ0v) is 53.0. The van der Waals surface area contributed by atoms with Gasteiger partial charge in [-0.05, 0) is 44.5 Å². The third-order valence-electron chi connectivity index (χ3n) is 16.1. The first-order valence-corrected chi connectivity index (χ1v) is 35.4. The fourth-order valence-corrected chi connectivity index (χ4v) is 12.3. The number of hydrogen-bond acceptors (Lipinski definition) is 0. The van der Waals surface area contributed by atoms with Gasteiger partial charge in [-0.2, -0.15) is 0 Å². The zero-order chi connectivity index (χ0) is 55.2. The van der Waals surface area contributed by atoms with Crippen molar-refractivity contribution in [3.8, 4) is 11.8 Å². The molecule has 0 N–H and O–H groups in total. The maximum atomic E-state index is 11.2. The van der Waals surface area contributed by atoms with Gasteiger partial charge in [0.25, 0.3) is 0 Å². The Balaban J connectivity index is 0.000000530. The van der Waals surface area contributed by atoms with Gasteiger partial charge in [-0.3, -0.25) is 0 Å². The molecule has 0 atom stereocenters. The molecule has 0 saturated carbocycles. The molecule has 0 saturated heterocycles. The van der Waals surface area contributed by atoms with Crippen molar-refractivity contribution in [3.63, 3.8) is 0 Å². The van der Waals surface area contributed by atoms with Crippen LogP contribution in [0.5, 0.6) is 0 Å². The first-order valence-electron chi connectivity index (χ1n) is 34.0. The van der Waals surface area contributed by atoms with Crippen LogP contribution in [0.1, 0.15) is 358 Å². The van der Waals surface area contributed by atoms with Crippen molar-refractivity contribution in [2.24, 2.45) is 0 Å². The van der Waals surface area contributed by atoms with Gasteiger partial charge in [-0.15, -0.1) is 0 Å². The molecule has 1 aliphatic heterocycles. The quantitative estimate of drug-likeness (QED) is 0.0273. The molecule has 0 unspecified atom stereocenters. The molecule has 0 radical (unpaired) electrons. The number of allylic oxidation sites excluding steroid dienone is 2. The van der Waals surface area contributed by atoms with E-state index in [4.69, 9.17) is 0 Å². The summed E-state index contributed by atoms with van der Waals surface area (Å²) in [5.41, 5.74) is 17.9. The van der Waals surface area contributed by atoms with Crippen LogP contribution in [-0.4, -0.2) is 4.70 Å². The van der Waals surface area contributed by atoms with E-state index >= 15 is 0 Å². The molecule has 2 nitrogen and oxygen atoms in total. The van der Waals surface area contributed by atoms with E-state index in [0.717, 1.165) is 40.9 Å². The second-order valence-corrected chi connectivity index (χ2v) is 25.3. The van der Waals surface area contributed by atoms with Crippen LogP contribution >= 0.6 is 0 Å². The Kier molecular flexibility index (Phi) is 49.7. The van der Waals surface area contributed by atoms with Crippen LogP contribution in [0.25, 0.3) is 16.9 Å². The van der Waals surface area contributed by atoms with Gasteiger partial charge in [0.1, 0.15) is 5.57 Å². The number of rotatable bonds is 52. The normalized spacial score (nSPS) is 12.3.